The molecule has 1 N–H and O–H groups in total. The Morgan fingerprint density at radius 2 is 2.14 bits per heavy atom. The fourth-order valence-electron chi connectivity index (χ4n) is 3.48. The highest BCUT2D eigenvalue weighted by molar-refractivity contribution is 5.87. The zero-order chi connectivity index (χ0) is 15.7. The molecule has 120 valence electrons. The second-order valence-electron chi connectivity index (χ2n) is 6.11. The molecule has 1 aromatic rings. The van der Waals surface area contributed by atoms with Crippen LogP contribution in [0.25, 0.3) is 0 Å². The third kappa shape index (κ3) is 2.71. The Hall–Kier alpha value is -1.92. The molecule has 2 aliphatic heterocycles. The van der Waals surface area contributed by atoms with Crippen molar-refractivity contribution in [3.63, 3.8) is 0 Å². The molecule has 0 radical (unpaired) electrons. The molecule has 7 nitrogen and oxygen atoms in total. The van der Waals surface area contributed by atoms with Crippen molar-refractivity contribution in [1.82, 2.24) is 25.0 Å². The molecular weight excluding hydrogens is 282 g/mol. The van der Waals surface area contributed by atoms with E-state index in [1.54, 1.807) is 4.90 Å². The first-order valence-corrected chi connectivity index (χ1v) is 8.08. The largest absolute Gasteiger partial charge is 0.350 e. The van der Waals surface area contributed by atoms with E-state index in [1.807, 2.05) is 0 Å². The molecule has 1 saturated heterocycles. The van der Waals surface area contributed by atoms with Gasteiger partial charge in [0.25, 0.3) is 0 Å². The molecular formula is C15H23N5O2. The molecule has 7 heteroatoms. The molecule has 3 heterocycles. The second-order valence-corrected chi connectivity index (χ2v) is 6.11. The van der Waals surface area contributed by atoms with E-state index in [4.69, 9.17) is 0 Å². The van der Waals surface area contributed by atoms with Crippen LogP contribution in [-0.4, -0.2) is 50.1 Å². The zero-order valence-corrected chi connectivity index (χ0v) is 13.2. The zero-order valence-electron chi connectivity index (χ0n) is 13.2. The van der Waals surface area contributed by atoms with Crippen LogP contribution >= 0.6 is 0 Å². The van der Waals surface area contributed by atoms with Crippen molar-refractivity contribution in [1.29, 1.82) is 0 Å². The molecule has 0 aromatic carbocycles. The summed E-state index contributed by atoms with van der Waals surface area (Å²) in [4.78, 5) is 25.8. The van der Waals surface area contributed by atoms with Crippen LogP contribution in [0.15, 0.2) is 0 Å². The monoisotopic (exact) mass is 305 g/mol. The van der Waals surface area contributed by atoms with Gasteiger partial charge in [0.15, 0.2) is 0 Å². The van der Waals surface area contributed by atoms with E-state index in [0.717, 1.165) is 50.3 Å². The Morgan fingerprint density at radius 3 is 2.86 bits per heavy atom. The predicted molar refractivity (Wildman–Crippen MR) is 80.1 cm³/mol. The number of nitrogens with zero attached hydrogens (tertiary/aromatic N) is 4. The SMILES string of the molecule is CCc1nnc2n1CC(NC(=O)[C@@H]1CCCN1C(C)=O)CC2. The number of hydrogen-bond acceptors (Lipinski definition) is 4. The average molecular weight is 305 g/mol. The van der Waals surface area contributed by atoms with E-state index >= 15 is 0 Å². The second kappa shape index (κ2) is 6.06. The lowest BCUT2D eigenvalue weighted by molar-refractivity contribution is -0.137. The normalized spacial score (nSPS) is 24.2. The topological polar surface area (TPSA) is 80.1 Å². The molecule has 0 bridgehead atoms. The molecule has 2 amide bonds. The van der Waals surface area contributed by atoms with Crippen molar-refractivity contribution >= 4 is 11.8 Å². The van der Waals surface area contributed by atoms with Gasteiger partial charge in [0.05, 0.1) is 0 Å². The van der Waals surface area contributed by atoms with Gasteiger partial charge in [0.1, 0.15) is 17.7 Å². The Morgan fingerprint density at radius 1 is 1.32 bits per heavy atom. The smallest absolute Gasteiger partial charge is 0.243 e. The molecule has 0 aliphatic carbocycles. The van der Waals surface area contributed by atoms with Gasteiger partial charge in [0, 0.05) is 38.9 Å². The highest BCUT2D eigenvalue weighted by atomic mass is 16.2. The molecule has 3 rings (SSSR count). The van der Waals surface area contributed by atoms with E-state index in [1.165, 1.54) is 6.92 Å². The summed E-state index contributed by atoms with van der Waals surface area (Å²) < 4.78 is 2.12. The first kappa shape index (κ1) is 15.0. The fourth-order valence-corrected chi connectivity index (χ4v) is 3.48. The molecule has 22 heavy (non-hydrogen) atoms. The summed E-state index contributed by atoms with van der Waals surface area (Å²) in [6.45, 7) is 5.00. The summed E-state index contributed by atoms with van der Waals surface area (Å²) in [5.74, 6) is 1.94. The molecule has 1 aromatic heterocycles. The van der Waals surface area contributed by atoms with E-state index < -0.39 is 0 Å². The molecule has 0 spiro atoms. The molecule has 0 saturated carbocycles. The quantitative estimate of drug-likeness (QED) is 0.870. The Labute approximate surface area is 130 Å². The lowest BCUT2D eigenvalue weighted by Crippen LogP contribution is -2.50. The molecule has 2 atom stereocenters. The number of hydrogen-bond donors (Lipinski definition) is 1. The van der Waals surface area contributed by atoms with Gasteiger partial charge in [-0.15, -0.1) is 10.2 Å². The Kier molecular flexibility index (Phi) is 4.13. The van der Waals surface area contributed by atoms with Gasteiger partial charge in [-0.05, 0) is 19.3 Å². The third-order valence-electron chi connectivity index (χ3n) is 4.65. The third-order valence-corrected chi connectivity index (χ3v) is 4.65. The maximum atomic E-state index is 12.5. The van der Waals surface area contributed by atoms with Crippen molar-refractivity contribution in [2.24, 2.45) is 0 Å². The van der Waals surface area contributed by atoms with Gasteiger partial charge in [-0.1, -0.05) is 6.92 Å². The summed E-state index contributed by atoms with van der Waals surface area (Å²) in [7, 11) is 0. The number of carbonyl (C=O) groups is 2. The van der Waals surface area contributed by atoms with E-state index in [9.17, 15) is 9.59 Å². The Bertz CT molecular complexity index is 569. The summed E-state index contributed by atoms with van der Waals surface area (Å²) >= 11 is 0. The standard InChI is InChI=1S/C15H23N5O2/c1-3-13-17-18-14-7-6-11(9-20(13)14)16-15(22)12-5-4-8-19(12)10(2)21/h11-12H,3-9H2,1-2H3,(H,16,22)/t11?,12-/m0/s1. The van der Waals surface area contributed by atoms with Gasteiger partial charge >= 0.3 is 0 Å². The van der Waals surface area contributed by atoms with Crippen molar-refractivity contribution in [3.8, 4) is 0 Å². The van der Waals surface area contributed by atoms with Gasteiger partial charge in [-0.25, -0.2) is 0 Å². The van der Waals surface area contributed by atoms with Crippen LogP contribution in [0.1, 0.15) is 44.8 Å². The minimum atomic E-state index is -0.301. The highest BCUT2D eigenvalue weighted by Gasteiger charge is 2.34. The maximum Gasteiger partial charge on any atom is 0.243 e. The lowest BCUT2D eigenvalue weighted by atomic mass is 10.1. The molecule has 1 fully saturated rings. The van der Waals surface area contributed by atoms with Crippen LogP contribution in [-0.2, 0) is 29.0 Å². The van der Waals surface area contributed by atoms with Crippen molar-refractivity contribution in [2.75, 3.05) is 6.54 Å². The van der Waals surface area contributed by atoms with Crippen LogP contribution in [0.5, 0.6) is 0 Å². The average Bonchev–Trinajstić information content (AvgIpc) is 3.13. The van der Waals surface area contributed by atoms with E-state index in [-0.39, 0.29) is 23.9 Å². The van der Waals surface area contributed by atoms with Crippen LogP contribution in [0.3, 0.4) is 0 Å². The highest BCUT2D eigenvalue weighted by Crippen LogP contribution is 2.19. The number of amides is 2. The van der Waals surface area contributed by atoms with Gasteiger partial charge in [0.2, 0.25) is 11.8 Å². The van der Waals surface area contributed by atoms with Crippen LogP contribution in [0.4, 0.5) is 0 Å². The van der Waals surface area contributed by atoms with Gasteiger partial charge in [-0.2, -0.15) is 0 Å². The minimum Gasteiger partial charge on any atom is -0.350 e. The Balaban J connectivity index is 1.64. The maximum absolute atomic E-state index is 12.5. The molecule has 2 aliphatic rings. The van der Waals surface area contributed by atoms with E-state index in [0.29, 0.717) is 6.54 Å². The van der Waals surface area contributed by atoms with Crippen LogP contribution in [0, 0.1) is 0 Å². The van der Waals surface area contributed by atoms with Crippen LogP contribution < -0.4 is 5.32 Å². The summed E-state index contributed by atoms with van der Waals surface area (Å²) in [5.41, 5.74) is 0. The van der Waals surface area contributed by atoms with Gasteiger partial charge in [-0.3, -0.25) is 9.59 Å². The van der Waals surface area contributed by atoms with Crippen molar-refractivity contribution < 1.29 is 9.59 Å². The lowest BCUT2D eigenvalue weighted by Gasteiger charge is -2.28. The van der Waals surface area contributed by atoms with E-state index in [2.05, 4.69) is 27.0 Å². The van der Waals surface area contributed by atoms with Crippen molar-refractivity contribution in [3.05, 3.63) is 11.6 Å². The number of aryl methyl sites for hydroxylation is 2. The number of nitrogens with one attached hydrogen (secondary N) is 1. The number of fused-ring (bicyclic) bond motifs is 1. The minimum absolute atomic E-state index is 0.0179. The number of carbonyl (C=O) groups excluding carboxylic acids is 2. The van der Waals surface area contributed by atoms with Crippen LogP contribution in [0.2, 0.25) is 0 Å². The summed E-state index contributed by atoms with van der Waals surface area (Å²) in [6, 6.07) is -0.207. The molecule has 1 unspecified atom stereocenters. The predicted octanol–water partition coefficient (Wildman–Crippen LogP) is 0.282. The first-order chi connectivity index (χ1) is 10.6. The summed E-state index contributed by atoms with van der Waals surface area (Å²) in [5, 5.41) is 11.5. The first-order valence-electron chi connectivity index (χ1n) is 8.08. The number of likely N-dealkylation sites (tertiary alicyclic amines) is 1. The number of aromatic nitrogens is 3. The fraction of sp³-hybridized carbons (Fsp3) is 0.733. The number of rotatable bonds is 3. The van der Waals surface area contributed by atoms with Gasteiger partial charge < -0.3 is 14.8 Å². The summed E-state index contributed by atoms with van der Waals surface area (Å²) in [6.07, 6.45) is 4.21. The van der Waals surface area contributed by atoms with Crippen molar-refractivity contribution in [2.45, 2.75) is 64.6 Å².